The number of benzene rings is 1. The predicted molar refractivity (Wildman–Crippen MR) is 66.1 cm³/mol. The Kier molecular flexibility index (Phi) is 3.74. The standard InChI is InChI=1S/C13H13NO4/c1-17-6-7-18-12-8-10(13(15)16)9-4-2-3-5-11(9)14-12/h2-5,8H,6-7H2,1H3,(H,15,16). The summed E-state index contributed by atoms with van der Waals surface area (Å²) in [6.45, 7) is 0.762. The van der Waals surface area contributed by atoms with Crippen LogP contribution in [-0.4, -0.2) is 36.4 Å². The molecule has 0 aliphatic carbocycles. The summed E-state index contributed by atoms with van der Waals surface area (Å²) in [7, 11) is 1.57. The molecule has 0 atom stereocenters. The third-order valence-corrected chi connectivity index (χ3v) is 2.46. The van der Waals surface area contributed by atoms with E-state index in [0.717, 1.165) is 0 Å². The van der Waals surface area contributed by atoms with Gasteiger partial charge in [-0.3, -0.25) is 0 Å². The van der Waals surface area contributed by atoms with Crippen molar-refractivity contribution in [2.75, 3.05) is 20.3 Å². The summed E-state index contributed by atoms with van der Waals surface area (Å²) in [5.74, 6) is -0.701. The van der Waals surface area contributed by atoms with Crippen molar-refractivity contribution in [2.24, 2.45) is 0 Å². The van der Waals surface area contributed by atoms with Gasteiger partial charge >= 0.3 is 5.97 Å². The number of hydrogen-bond donors (Lipinski definition) is 1. The molecular weight excluding hydrogens is 234 g/mol. The van der Waals surface area contributed by atoms with E-state index in [4.69, 9.17) is 9.47 Å². The Hall–Kier alpha value is -2.14. The normalized spacial score (nSPS) is 10.5. The lowest BCUT2D eigenvalue weighted by Crippen LogP contribution is -2.07. The van der Waals surface area contributed by atoms with Crippen LogP contribution in [0, 0.1) is 0 Å². The molecule has 2 aromatic rings. The zero-order chi connectivity index (χ0) is 13.0. The van der Waals surface area contributed by atoms with E-state index in [9.17, 15) is 9.90 Å². The Labute approximate surface area is 104 Å². The monoisotopic (exact) mass is 247 g/mol. The molecule has 0 radical (unpaired) electrons. The van der Waals surface area contributed by atoms with E-state index in [-0.39, 0.29) is 5.56 Å². The van der Waals surface area contributed by atoms with Crippen molar-refractivity contribution in [3.63, 3.8) is 0 Å². The molecule has 0 saturated carbocycles. The molecule has 5 heteroatoms. The second kappa shape index (κ2) is 5.46. The fraction of sp³-hybridized carbons (Fsp3) is 0.231. The third kappa shape index (κ3) is 2.57. The molecular formula is C13H13NO4. The van der Waals surface area contributed by atoms with Crippen LogP contribution in [0.4, 0.5) is 0 Å². The van der Waals surface area contributed by atoms with Gasteiger partial charge in [0.05, 0.1) is 17.7 Å². The first-order chi connectivity index (χ1) is 8.72. The molecule has 0 unspecified atom stereocenters. The number of pyridine rings is 1. The van der Waals surface area contributed by atoms with E-state index in [1.54, 1.807) is 31.4 Å². The van der Waals surface area contributed by atoms with Crippen LogP contribution in [0.2, 0.25) is 0 Å². The Morgan fingerprint density at radius 1 is 1.33 bits per heavy atom. The van der Waals surface area contributed by atoms with Crippen molar-refractivity contribution in [1.29, 1.82) is 0 Å². The largest absolute Gasteiger partial charge is 0.478 e. The number of aromatic carboxylic acids is 1. The van der Waals surface area contributed by atoms with Gasteiger partial charge in [0.1, 0.15) is 6.61 Å². The van der Waals surface area contributed by atoms with Crippen LogP contribution >= 0.6 is 0 Å². The minimum atomic E-state index is -0.995. The maximum atomic E-state index is 11.2. The number of carbonyl (C=O) groups is 1. The Morgan fingerprint density at radius 3 is 2.83 bits per heavy atom. The molecule has 5 nitrogen and oxygen atoms in total. The third-order valence-electron chi connectivity index (χ3n) is 2.46. The molecule has 1 aromatic carbocycles. The van der Waals surface area contributed by atoms with E-state index in [1.807, 2.05) is 0 Å². The lowest BCUT2D eigenvalue weighted by molar-refractivity contribution is 0.0698. The number of nitrogens with zero attached hydrogens (tertiary/aromatic N) is 1. The first kappa shape index (κ1) is 12.3. The van der Waals surface area contributed by atoms with Crippen LogP contribution in [0.1, 0.15) is 10.4 Å². The Morgan fingerprint density at radius 2 is 2.11 bits per heavy atom. The van der Waals surface area contributed by atoms with Gasteiger partial charge in [0.15, 0.2) is 0 Å². The summed E-state index contributed by atoms with van der Waals surface area (Å²) in [4.78, 5) is 15.4. The second-order valence-electron chi connectivity index (χ2n) is 3.67. The SMILES string of the molecule is COCCOc1cc(C(=O)O)c2ccccc2n1. The topological polar surface area (TPSA) is 68.7 Å². The summed E-state index contributed by atoms with van der Waals surface area (Å²) in [5, 5.41) is 9.77. The van der Waals surface area contributed by atoms with Gasteiger partial charge < -0.3 is 14.6 Å². The average Bonchev–Trinajstić information content (AvgIpc) is 2.38. The number of methoxy groups -OCH3 is 1. The maximum Gasteiger partial charge on any atom is 0.336 e. The van der Waals surface area contributed by atoms with Crippen LogP contribution in [0.15, 0.2) is 30.3 Å². The highest BCUT2D eigenvalue weighted by Gasteiger charge is 2.11. The average molecular weight is 247 g/mol. The van der Waals surface area contributed by atoms with Crippen LogP contribution in [0.25, 0.3) is 10.9 Å². The highest BCUT2D eigenvalue weighted by molar-refractivity contribution is 6.02. The van der Waals surface area contributed by atoms with Crippen molar-refractivity contribution in [3.05, 3.63) is 35.9 Å². The number of hydrogen-bond acceptors (Lipinski definition) is 4. The lowest BCUT2D eigenvalue weighted by atomic mass is 10.1. The molecule has 1 heterocycles. The number of para-hydroxylation sites is 1. The summed E-state index contributed by atoms with van der Waals surface area (Å²) in [6.07, 6.45) is 0. The number of carboxylic acids is 1. The van der Waals surface area contributed by atoms with Gasteiger partial charge in [0.2, 0.25) is 5.88 Å². The van der Waals surface area contributed by atoms with E-state index in [0.29, 0.717) is 30.0 Å². The smallest absolute Gasteiger partial charge is 0.336 e. The number of rotatable bonds is 5. The van der Waals surface area contributed by atoms with Crippen molar-refractivity contribution < 1.29 is 19.4 Å². The molecule has 0 saturated heterocycles. The predicted octanol–water partition coefficient (Wildman–Crippen LogP) is 1.96. The van der Waals surface area contributed by atoms with E-state index >= 15 is 0 Å². The minimum absolute atomic E-state index is 0.188. The fourth-order valence-corrected chi connectivity index (χ4v) is 1.63. The van der Waals surface area contributed by atoms with E-state index < -0.39 is 5.97 Å². The summed E-state index contributed by atoms with van der Waals surface area (Å²) >= 11 is 0. The van der Waals surface area contributed by atoms with Crippen LogP contribution in [0.3, 0.4) is 0 Å². The molecule has 1 aromatic heterocycles. The van der Waals surface area contributed by atoms with Crippen molar-refractivity contribution in [2.45, 2.75) is 0 Å². The molecule has 0 fully saturated rings. The van der Waals surface area contributed by atoms with Crippen LogP contribution < -0.4 is 4.74 Å². The number of fused-ring (bicyclic) bond motifs is 1. The second-order valence-corrected chi connectivity index (χ2v) is 3.67. The molecule has 94 valence electrons. The lowest BCUT2D eigenvalue weighted by Gasteiger charge is -2.08. The molecule has 0 amide bonds. The van der Waals surface area contributed by atoms with Crippen LogP contribution in [-0.2, 0) is 4.74 Å². The molecule has 1 N–H and O–H groups in total. The van der Waals surface area contributed by atoms with Crippen molar-refractivity contribution >= 4 is 16.9 Å². The zero-order valence-corrected chi connectivity index (χ0v) is 9.92. The molecule has 0 spiro atoms. The molecule has 0 bridgehead atoms. The summed E-state index contributed by atoms with van der Waals surface area (Å²) in [6, 6.07) is 8.50. The number of aromatic nitrogens is 1. The van der Waals surface area contributed by atoms with Gasteiger partial charge in [-0.25, -0.2) is 9.78 Å². The van der Waals surface area contributed by atoms with Crippen molar-refractivity contribution in [3.8, 4) is 5.88 Å². The number of ether oxygens (including phenoxy) is 2. The molecule has 2 rings (SSSR count). The number of carboxylic acid groups (broad SMARTS) is 1. The van der Waals surface area contributed by atoms with Gasteiger partial charge in [0, 0.05) is 18.6 Å². The quantitative estimate of drug-likeness (QED) is 0.818. The zero-order valence-electron chi connectivity index (χ0n) is 9.92. The van der Waals surface area contributed by atoms with Crippen molar-refractivity contribution in [1.82, 2.24) is 4.98 Å². The minimum Gasteiger partial charge on any atom is -0.478 e. The fourth-order valence-electron chi connectivity index (χ4n) is 1.63. The summed E-state index contributed by atoms with van der Waals surface area (Å²) < 4.78 is 10.2. The van der Waals surface area contributed by atoms with E-state index in [2.05, 4.69) is 4.98 Å². The first-order valence-corrected chi connectivity index (χ1v) is 5.47. The van der Waals surface area contributed by atoms with E-state index in [1.165, 1.54) is 6.07 Å². The van der Waals surface area contributed by atoms with Gasteiger partial charge in [-0.1, -0.05) is 18.2 Å². The van der Waals surface area contributed by atoms with Crippen LogP contribution in [0.5, 0.6) is 5.88 Å². The maximum absolute atomic E-state index is 11.2. The Balaban J connectivity index is 2.41. The highest BCUT2D eigenvalue weighted by atomic mass is 16.5. The van der Waals surface area contributed by atoms with Gasteiger partial charge in [0.25, 0.3) is 0 Å². The molecule has 18 heavy (non-hydrogen) atoms. The first-order valence-electron chi connectivity index (χ1n) is 5.47. The molecule has 0 aliphatic rings. The Bertz CT molecular complexity index is 568. The highest BCUT2D eigenvalue weighted by Crippen LogP contribution is 2.21. The van der Waals surface area contributed by atoms with Gasteiger partial charge in [-0.15, -0.1) is 0 Å². The van der Waals surface area contributed by atoms with Gasteiger partial charge in [-0.2, -0.15) is 0 Å². The summed E-state index contributed by atoms with van der Waals surface area (Å²) in [5.41, 5.74) is 0.790. The van der Waals surface area contributed by atoms with Gasteiger partial charge in [-0.05, 0) is 6.07 Å². The molecule has 0 aliphatic heterocycles.